The van der Waals surface area contributed by atoms with Crippen LogP contribution in [0.25, 0.3) is 0 Å². The van der Waals surface area contributed by atoms with Crippen molar-refractivity contribution in [3.05, 3.63) is 70.2 Å². The maximum atomic E-state index is 10.3. The van der Waals surface area contributed by atoms with Crippen LogP contribution >= 0.6 is 11.6 Å². The number of rotatable bonds is 3. The van der Waals surface area contributed by atoms with E-state index in [-0.39, 0.29) is 0 Å². The van der Waals surface area contributed by atoms with Crippen LogP contribution in [0.4, 0.5) is 0 Å². The summed E-state index contributed by atoms with van der Waals surface area (Å²) in [6, 6.07) is 15.4. The first-order valence-corrected chi connectivity index (χ1v) is 6.49. The van der Waals surface area contributed by atoms with Gasteiger partial charge in [0.1, 0.15) is 6.10 Å². The van der Waals surface area contributed by atoms with Gasteiger partial charge in [0.05, 0.1) is 0 Å². The Labute approximate surface area is 113 Å². The van der Waals surface area contributed by atoms with E-state index in [0.29, 0.717) is 10.9 Å². The Bertz CT molecular complexity index is 500. The van der Waals surface area contributed by atoms with Crippen LogP contribution in [0.15, 0.2) is 48.5 Å². The molecule has 2 aromatic rings. The molecule has 0 saturated heterocycles. The molecular formula is C16H17ClO. The molecule has 1 nitrogen and oxygen atoms in total. The Hall–Kier alpha value is -1.31. The fraction of sp³-hybridized carbons (Fsp3) is 0.250. The van der Waals surface area contributed by atoms with Gasteiger partial charge in [0, 0.05) is 5.02 Å². The molecule has 18 heavy (non-hydrogen) atoms. The lowest BCUT2D eigenvalue weighted by molar-refractivity contribution is 0.220. The number of hydrogen-bond donors (Lipinski definition) is 1. The standard InChI is InChI=1S/C16H17ClO/c1-11(2)12-3-5-13(6-4-12)16(18)14-7-9-15(17)10-8-14/h3-11,16,18H,1-2H3/t16-/m1/s1. The first-order valence-electron chi connectivity index (χ1n) is 6.11. The van der Waals surface area contributed by atoms with Gasteiger partial charge in [0.15, 0.2) is 0 Å². The SMILES string of the molecule is CC(C)c1ccc([C@@H](O)c2ccc(Cl)cc2)cc1. The minimum absolute atomic E-state index is 0.506. The third-order valence-corrected chi connectivity index (χ3v) is 3.36. The van der Waals surface area contributed by atoms with Crippen molar-refractivity contribution < 1.29 is 5.11 Å². The maximum absolute atomic E-state index is 10.3. The van der Waals surface area contributed by atoms with Crippen molar-refractivity contribution in [2.24, 2.45) is 0 Å². The highest BCUT2D eigenvalue weighted by molar-refractivity contribution is 6.30. The van der Waals surface area contributed by atoms with Crippen molar-refractivity contribution >= 4 is 11.6 Å². The first kappa shape index (κ1) is 13.1. The van der Waals surface area contributed by atoms with Crippen molar-refractivity contribution in [3.63, 3.8) is 0 Å². The van der Waals surface area contributed by atoms with Gasteiger partial charge in [-0.3, -0.25) is 0 Å². The number of aliphatic hydroxyl groups is 1. The average molecular weight is 261 g/mol. The molecule has 0 amide bonds. The van der Waals surface area contributed by atoms with E-state index in [1.807, 2.05) is 24.3 Å². The smallest absolute Gasteiger partial charge is 0.104 e. The van der Waals surface area contributed by atoms with Crippen LogP contribution in [0, 0.1) is 0 Å². The van der Waals surface area contributed by atoms with Crippen LogP contribution in [0.3, 0.4) is 0 Å². The van der Waals surface area contributed by atoms with E-state index < -0.39 is 6.10 Å². The predicted molar refractivity (Wildman–Crippen MR) is 76.0 cm³/mol. The molecule has 1 N–H and O–H groups in total. The minimum atomic E-state index is -0.594. The van der Waals surface area contributed by atoms with Crippen LogP contribution in [-0.4, -0.2) is 5.11 Å². The van der Waals surface area contributed by atoms with E-state index in [4.69, 9.17) is 11.6 Å². The summed E-state index contributed by atoms with van der Waals surface area (Å²) in [6.07, 6.45) is -0.594. The van der Waals surface area contributed by atoms with Crippen molar-refractivity contribution in [2.75, 3.05) is 0 Å². The van der Waals surface area contributed by atoms with Gasteiger partial charge >= 0.3 is 0 Å². The van der Waals surface area contributed by atoms with Crippen LogP contribution in [-0.2, 0) is 0 Å². The summed E-state index contributed by atoms with van der Waals surface area (Å²) in [6.45, 7) is 4.31. The predicted octanol–water partition coefficient (Wildman–Crippen LogP) is 4.55. The Morgan fingerprint density at radius 3 is 1.61 bits per heavy atom. The van der Waals surface area contributed by atoms with E-state index in [9.17, 15) is 5.11 Å². The van der Waals surface area contributed by atoms with E-state index in [1.54, 1.807) is 12.1 Å². The zero-order valence-electron chi connectivity index (χ0n) is 10.6. The maximum Gasteiger partial charge on any atom is 0.104 e. The number of benzene rings is 2. The lowest BCUT2D eigenvalue weighted by atomic mass is 9.97. The van der Waals surface area contributed by atoms with Gasteiger partial charge in [-0.15, -0.1) is 0 Å². The van der Waals surface area contributed by atoms with Crippen LogP contribution in [0.2, 0.25) is 5.02 Å². The molecule has 0 fully saturated rings. The van der Waals surface area contributed by atoms with Gasteiger partial charge in [-0.05, 0) is 34.7 Å². The highest BCUT2D eigenvalue weighted by Gasteiger charge is 2.10. The van der Waals surface area contributed by atoms with E-state index in [2.05, 4.69) is 26.0 Å². The average Bonchev–Trinajstić information content (AvgIpc) is 2.39. The van der Waals surface area contributed by atoms with Crippen LogP contribution < -0.4 is 0 Å². The largest absolute Gasteiger partial charge is 0.384 e. The van der Waals surface area contributed by atoms with E-state index in [0.717, 1.165) is 11.1 Å². The first-order chi connectivity index (χ1) is 8.58. The highest BCUT2D eigenvalue weighted by atomic mass is 35.5. The highest BCUT2D eigenvalue weighted by Crippen LogP contribution is 2.25. The van der Waals surface area contributed by atoms with Gasteiger partial charge in [0.2, 0.25) is 0 Å². The van der Waals surface area contributed by atoms with Crippen molar-refractivity contribution in [3.8, 4) is 0 Å². The van der Waals surface area contributed by atoms with Gasteiger partial charge in [-0.1, -0.05) is 61.8 Å². The van der Waals surface area contributed by atoms with Crippen LogP contribution in [0.1, 0.15) is 42.6 Å². The summed E-state index contributed by atoms with van der Waals surface area (Å²) in [7, 11) is 0. The normalized spacial score (nSPS) is 12.7. The fourth-order valence-electron chi connectivity index (χ4n) is 1.90. The molecule has 0 aliphatic rings. The molecular weight excluding hydrogens is 244 g/mol. The lowest BCUT2D eigenvalue weighted by Gasteiger charge is -2.13. The third-order valence-electron chi connectivity index (χ3n) is 3.10. The lowest BCUT2D eigenvalue weighted by Crippen LogP contribution is -1.99. The molecule has 0 unspecified atom stereocenters. The molecule has 0 aromatic heterocycles. The molecule has 0 saturated carbocycles. The molecule has 1 atom stereocenters. The topological polar surface area (TPSA) is 20.2 Å². The summed E-state index contributed by atoms with van der Waals surface area (Å²) in [5.41, 5.74) is 3.04. The Kier molecular flexibility index (Phi) is 4.05. The monoisotopic (exact) mass is 260 g/mol. The second-order valence-corrected chi connectivity index (χ2v) is 5.21. The molecule has 2 rings (SSSR count). The van der Waals surface area contributed by atoms with Crippen molar-refractivity contribution in [2.45, 2.75) is 25.9 Å². The van der Waals surface area contributed by atoms with Gasteiger partial charge in [-0.25, -0.2) is 0 Å². The van der Waals surface area contributed by atoms with Crippen molar-refractivity contribution in [1.82, 2.24) is 0 Å². The minimum Gasteiger partial charge on any atom is -0.384 e. The summed E-state index contributed by atoms with van der Waals surface area (Å²) in [5, 5.41) is 11.0. The molecule has 0 radical (unpaired) electrons. The van der Waals surface area contributed by atoms with Crippen LogP contribution in [0.5, 0.6) is 0 Å². The van der Waals surface area contributed by atoms with E-state index >= 15 is 0 Å². The molecule has 0 aliphatic heterocycles. The number of halogens is 1. The zero-order chi connectivity index (χ0) is 13.1. The summed E-state index contributed by atoms with van der Waals surface area (Å²) in [5.74, 6) is 0.506. The molecule has 2 aromatic carbocycles. The van der Waals surface area contributed by atoms with Gasteiger partial charge in [-0.2, -0.15) is 0 Å². The Morgan fingerprint density at radius 2 is 1.17 bits per heavy atom. The molecule has 2 heteroatoms. The molecule has 0 spiro atoms. The summed E-state index contributed by atoms with van der Waals surface area (Å²) < 4.78 is 0. The Balaban J connectivity index is 2.23. The Morgan fingerprint density at radius 1 is 0.778 bits per heavy atom. The van der Waals surface area contributed by atoms with Gasteiger partial charge < -0.3 is 5.11 Å². The molecule has 0 bridgehead atoms. The van der Waals surface area contributed by atoms with Gasteiger partial charge in [0.25, 0.3) is 0 Å². The summed E-state index contributed by atoms with van der Waals surface area (Å²) in [4.78, 5) is 0. The number of hydrogen-bond acceptors (Lipinski definition) is 1. The van der Waals surface area contributed by atoms with Crippen molar-refractivity contribution in [1.29, 1.82) is 0 Å². The third kappa shape index (κ3) is 2.92. The molecule has 0 aliphatic carbocycles. The van der Waals surface area contributed by atoms with E-state index in [1.165, 1.54) is 5.56 Å². The second kappa shape index (κ2) is 5.55. The molecule has 0 heterocycles. The quantitative estimate of drug-likeness (QED) is 0.859. The molecule has 94 valence electrons. The second-order valence-electron chi connectivity index (χ2n) is 4.78. The number of aliphatic hydroxyl groups excluding tert-OH is 1. The summed E-state index contributed by atoms with van der Waals surface area (Å²) >= 11 is 5.84. The fourth-order valence-corrected chi connectivity index (χ4v) is 2.03. The zero-order valence-corrected chi connectivity index (χ0v) is 11.4.